The molecule has 7 heteroatoms. The number of ether oxygens (including phenoxy) is 1. The maximum absolute atomic E-state index is 13.6. The van der Waals surface area contributed by atoms with E-state index in [2.05, 4.69) is 20.0 Å². The molecule has 0 bridgehead atoms. The Morgan fingerprint density at radius 3 is 2.65 bits per heavy atom. The van der Waals surface area contributed by atoms with E-state index in [9.17, 15) is 14.0 Å². The predicted octanol–water partition coefficient (Wildman–Crippen LogP) is 2.73. The number of halogens is 1. The second kappa shape index (κ2) is 7.26. The zero-order chi connectivity index (χ0) is 18.7. The normalized spacial score (nSPS) is 11.8. The molecule has 1 N–H and O–H groups in total. The number of rotatable bonds is 4. The molecule has 6 nitrogen and oxygen atoms in total. The molecule has 0 radical (unpaired) electrons. The van der Waals surface area contributed by atoms with Gasteiger partial charge in [-0.1, -0.05) is 6.07 Å². The van der Waals surface area contributed by atoms with Crippen LogP contribution in [0.1, 0.15) is 17.3 Å². The molecule has 1 atom stereocenters. The van der Waals surface area contributed by atoms with Gasteiger partial charge in [-0.25, -0.2) is 14.2 Å². The second-order valence-corrected chi connectivity index (χ2v) is 5.65. The fraction of sp³-hybridized carbons (Fsp3) is 0.158. The first-order valence-electron chi connectivity index (χ1n) is 7.90. The maximum Gasteiger partial charge on any atom is 0.328 e. The third kappa shape index (κ3) is 3.51. The summed E-state index contributed by atoms with van der Waals surface area (Å²) in [6.07, 6.45) is 1.60. The number of hydrogen-bond acceptors (Lipinski definition) is 5. The Hall–Kier alpha value is -3.35. The van der Waals surface area contributed by atoms with Crippen molar-refractivity contribution in [1.82, 2.24) is 15.3 Å². The first kappa shape index (κ1) is 17.5. The number of pyridine rings is 2. The number of methoxy groups -OCH3 is 1. The monoisotopic (exact) mass is 353 g/mol. The Morgan fingerprint density at radius 2 is 1.96 bits per heavy atom. The summed E-state index contributed by atoms with van der Waals surface area (Å²) in [7, 11) is 1.24. The van der Waals surface area contributed by atoms with Crippen molar-refractivity contribution in [3.63, 3.8) is 0 Å². The van der Waals surface area contributed by atoms with Gasteiger partial charge in [-0.05, 0) is 37.3 Å². The first-order chi connectivity index (χ1) is 12.5. The van der Waals surface area contributed by atoms with Gasteiger partial charge in [0.2, 0.25) is 0 Å². The van der Waals surface area contributed by atoms with Crippen LogP contribution in [0.15, 0.2) is 48.7 Å². The molecule has 132 valence electrons. The number of nitrogens with one attached hydrogen (secondary N) is 1. The number of carbonyl (C=O) groups is 2. The van der Waals surface area contributed by atoms with Crippen molar-refractivity contribution in [2.45, 2.75) is 13.0 Å². The first-order valence-corrected chi connectivity index (χ1v) is 7.90. The SMILES string of the molecule is COC(=O)[C@@H](C)NC(=O)c1cc(-c2ccccn2)nc2cc(F)ccc12. The van der Waals surface area contributed by atoms with Gasteiger partial charge in [0.1, 0.15) is 11.9 Å². The summed E-state index contributed by atoms with van der Waals surface area (Å²) < 4.78 is 18.3. The molecule has 0 saturated heterocycles. The van der Waals surface area contributed by atoms with E-state index in [-0.39, 0.29) is 5.56 Å². The summed E-state index contributed by atoms with van der Waals surface area (Å²) in [5.74, 6) is -1.51. The molecule has 0 fully saturated rings. The number of benzene rings is 1. The number of nitrogens with zero attached hydrogens (tertiary/aromatic N) is 2. The van der Waals surface area contributed by atoms with Crippen molar-refractivity contribution in [3.8, 4) is 11.4 Å². The van der Waals surface area contributed by atoms with E-state index < -0.39 is 23.7 Å². The van der Waals surface area contributed by atoms with Gasteiger partial charge >= 0.3 is 5.97 Å². The molecule has 3 aromatic rings. The molecule has 0 aliphatic heterocycles. The van der Waals surface area contributed by atoms with Crippen LogP contribution >= 0.6 is 0 Å². The maximum atomic E-state index is 13.6. The van der Waals surface area contributed by atoms with Crippen LogP contribution in [0.2, 0.25) is 0 Å². The van der Waals surface area contributed by atoms with Crippen LogP contribution in [0.4, 0.5) is 4.39 Å². The van der Waals surface area contributed by atoms with Gasteiger partial charge in [0.25, 0.3) is 5.91 Å². The molecule has 1 amide bonds. The summed E-state index contributed by atoms with van der Waals surface area (Å²) in [5, 5.41) is 3.05. The zero-order valence-electron chi connectivity index (χ0n) is 14.2. The topological polar surface area (TPSA) is 81.2 Å². The van der Waals surface area contributed by atoms with Gasteiger partial charge < -0.3 is 10.1 Å². The number of hydrogen-bond donors (Lipinski definition) is 1. The molecule has 1 aromatic carbocycles. The molecule has 26 heavy (non-hydrogen) atoms. The van der Waals surface area contributed by atoms with Crippen LogP contribution in [0.25, 0.3) is 22.3 Å². The average molecular weight is 353 g/mol. The fourth-order valence-electron chi connectivity index (χ4n) is 2.55. The van der Waals surface area contributed by atoms with Crippen LogP contribution in [-0.4, -0.2) is 35.0 Å². The van der Waals surface area contributed by atoms with Crippen LogP contribution in [0.3, 0.4) is 0 Å². The Bertz CT molecular complexity index is 976. The van der Waals surface area contributed by atoms with E-state index >= 15 is 0 Å². The van der Waals surface area contributed by atoms with Crippen LogP contribution in [-0.2, 0) is 9.53 Å². The van der Waals surface area contributed by atoms with Crippen LogP contribution in [0.5, 0.6) is 0 Å². The highest BCUT2D eigenvalue weighted by Crippen LogP contribution is 2.24. The lowest BCUT2D eigenvalue weighted by Gasteiger charge is -2.14. The summed E-state index contributed by atoms with van der Waals surface area (Å²) in [5.41, 5.74) is 1.57. The molecular formula is C19H16FN3O3. The molecule has 3 rings (SSSR count). The lowest BCUT2D eigenvalue weighted by molar-refractivity contribution is -0.142. The Balaban J connectivity index is 2.10. The van der Waals surface area contributed by atoms with E-state index in [1.807, 2.05) is 0 Å². The third-order valence-electron chi connectivity index (χ3n) is 3.85. The van der Waals surface area contributed by atoms with Gasteiger partial charge in [-0.2, -0.15) is 0 Å². The highest BCUT2D eigenvalue weighted by atomic mass is 19.1. The molecular weight excluding hydrogens is 337 g/mol. The van der Waals surface area contributed by atoms with E-state index in [4.69, 9.17) is 0 Å². The van der Waals surface area contributed by atoms with Crippen molar-refractivity contribution >= 4 is 22.8 Å². The van der Waals surface area contributed by atoms with Crippen molar-refractivity contribution < 1.29 is 18.7 Å². The number of carbonyl (C=O) groups excluding carboxylic acids is 2. The molecule has 2 heterocycles. The smallest absolute Gasteiger partial charge is 0.328 e. The van der Waals surface area contributed by atoms with E-state index in [0.717, 1.165) is 0 Å². The van der Waals surface area contributed by atoms with Crippen LogP contribution in [0, 0.1) is 5.82 Å². The van der Waals surface area contributed by atoms with E-state index in [1.54, 1.807) is 30.5 Å². The molecule has 0 aliphatic carbocycles. The van der Waals surface area contributed by atoms with Crippen molar-refractivity contribution in [3.05, 3.63) is 60.0 Å². The molecule has 0 unspecified atom stereocenters. The fourth-order valence-corrected chi connectivity index (χ4v) is 2.55. The summed E-state index contributed by atoms with van der Waals surface area (Å²) in [6, 6.07) is 10.0. The minimum Gasteiger partial charge on any atom is -0.467 e. The lowest BCUT2D eigenvalue weighted by atomic mass is 10.0. The standard InChI is InChI=1S/C19H16FN3O3/c1-11(19(25)26-2)22-18(24)14-10-17(15-5-3-4-8-21-15)23-16-9-12(20)6-7-13(14)16/h3-11H,1-2H3,(H,22,24)/t11-/m1/s1. The Labute approximate surface area is 149 Å². The van der Waals surface area contributed by atoms with Gasteiger partial charge in [0, 0.05) is 17.6 Å². The summed E-state index contributed by atoms with van der Waals surface area (Å²) in [4.78, 5) is 32.9. The largest absolute Gasteiger partial charge is 0.467 e. The number of esters is 1. The molecule has 0 spiro atoms. The van der Waals surface area contributed by atoms with Gasteiger partial charge in [-0.15, -0.1) is 0 Å². The number of fused-ring (bicyclic) bond motifs is 1. The number of amides is 1. The quantitative estimate of drug-likeness (QED) is 0.730. The van der Waals surface area contributed by atoms with E-state index in [0.29, 0.717) is 22.3 Å². The second-order valence-electron chi connectivity index (χ2n) is 5.65. The summed E-state index contributed by atoms with van der Waals surface area (Å²) >= 11 is 0. The van der Waals surface area contributed by atoms with E-state index in [1.165, 1.54) is 32.2 Å². The zero-order valence-corrected chi connectivity index (χ0v) is 14.2. The molecule has 2 aromatic heterocycles. The minimum absolute atomic E-state index is 0.270. The summed E-state index contributed by atoms with van der Waals surface area (Å²) in [6.45, 7) is 1.52. The van der Waals surface area contributed by atoms with Gasteiger partial charge in [0.05, 0.1) is 29.6 Å². The predicted molar refractivity (Wildman–Crippen MR) is 93.9 cm³/mol. The van der Waals surface area contributed by atoms with Crippen molar-refractivity contribution in [2.24, 2.45) is 0 Å². The van der Waals surface area contributed by atoms with Crippen LogP contribution < -0.4 is 5.32 Å². The Morgan fingerprint density at radius 1 is 1.15 bits per heavy atom. The third-order valence-corrected chi connectivity index (χ3v) is 3.85. The lowest BCUT2D eigenvalue weighted by Crippen LogP contribution is -2.39. The van der Waals surface area contributed by atoms with Crippen molar-refractivity contribution in [2.75, 3.05) is 7.11 Å². The minimum atomic E-state index is -0.825. The highest BCUT2D eigenvalue weighted by Gasteiger charge is 2.20. The average Bonchev–Trinajstić information content (AvgIpc) is 2.66. The van der Waals surface area contributed by atoms with Gasteiger partial charge in [-0.3, -0.25) is 9.78 Å². The van der Waals surface area contributed by atoms with Crippen molar-refractivity contribution in [1.29, 1.82) is 0 Å². The molecule has 0 aliphatic rings. The Kier molecular flexibility index (Phi) is 4.88. The van der Waals surface area contributed by atoms with Gasteiger partial charge in [0.15, 0.2) is 0 Å². The molecule has 0 saturated carbocycles. The number of aromatic nitrogens is 2. The highest BCUT2D eigenvalue weighted by molar-refractivity contribution is 6.08.